The van der Waals surface area contributed by atoms with Crippen LogP contribution in [0.1, 0.15) is 11.1 Å². The third-order valence-corrected chi connectivity index (χ3v) is 6.78. The fourth-order valence-corrected chi connectivity index (χ4v) is 4.91. The van der Waals surface area contributed by atoms with E-state index < -0.39 is 0 Å². The van der Waals surface area contributed by atoms with Crippen LogP contribution in [0.5, 0.6) is 11.5 Å². The van der Waals surface area contributed by atoms with Crippen molar-refractivity contribution in [3.8, 4) is 11.5 Å². The average Bonchev–Trinajstić information content (AvgIpc) is 2.81. The van der Waals surface area contributed by atoms with Crippen molar-refractivity contribution in [1.82, 2.24) is 9.97 Å². The van der Waals surface area contributed by atoms with Crippen LogP contribution in [0.3, 0.4) is 0 Å². The third-order valence-electron chi connectivity index (χ3n) is 4.58. The number of hydrogen-bond acceptors (Lipinski definition) is 6. The van der Waals surface area contributed by atoms with E-state index in [4.69, 9.17) is 19.4 Å². The number of aromatic nitrogens is 2. The number of ether oxygens (including phenoxy) is 2. The molecular formula is C24H22N2O2S2. The van der Waals surface area contributed by atoms with E-state index in [1.54, 1.807) is 37.7 Å². The Morgan fingerprint density at radius 2 is 1.00 bits per heavy atom. The molecule has 0 saturated heterocycles. The summed E-state index contributed by atoms with van der Waals surface area (Å²) >= 11 is 3.43. The van der Waals surface area contributed by atoms with Crippen molar-refractivity contribution in [2.45, 2.75) is 21.6 Å². The third kappa shape index (κ3) is 5.07. The molecule has 6 heteroatoms. The summed E-state index contributed by atoms with van der Waals surface area (Å²) in [6, 6.07) is 24.3. The van der Waals surface area contributed by atoms with Gasteiger partial charge in [0.15, 0.2) is 0 Å². The van der Waals surface area contributed by atoms with Crippen LogP contribution in [0.15, 0.2) is 82.8 Å². The van der Waals surface area contributed by atoms with Gasteiger partial charge in [0.2, 0.25) is 0 Å². The van der Waals surface area contributed by atoms with E-state index >= 15 is 0 Å². The Bertz CT molecular complexity index is 1030. The topological polar surface area (TPSA) is 44.2 Å². The second kappa shape index (κ2) is 9.87. The highest BCUT2D eigenvalue weighted by Crippen LogP contribution is 2.33. The van der Waals surface area contributed by atoms with Gasteiger partial charge < -0.3 is 9.47 Å². The lowest BCUT2D eigenvalue weighted by Gasteiger charge is -2.10. The van der Waals surface area contributed by atoms with Crippen LogP contribution in [0.25, 0.3) is 11.0 Å². The summed E-state index contributed by atoms with van der Waals surface area (Å²) in [5, 5.41) is 1.92. The Kier molecular flexibility index (Phi) is 6.77. The van der Waals surface area contributed by atoms with Crippen molar-refractivity contribution in [3.05, 3.63) is 83.9 Å². The fraction of sp³-hybridized carbons (Fsp3) is 0.167. The number of thioether (sulfide) groups is 2. The van der Waals surface area contributed by atoms with Crippen LogP contribution in [0, 0.1) is 0 Å². The molecule has 0 unspecified atom stereocenters. The molecule has 0 aliphatic rings. The molecule has 0 fully saturated rings. The van der Waals surface area contributed by atoms with E-state index in [0.717, 1.165) is 44.1 Å². The largest absolute Gasteiger partial charge is 0.497 e. The quantitative estimate of drug-likeness (QED) is 0.306. The van der Waals surface area contributed by atoms with Crippen LogP contribution >= 0.6 is 23.5 Å². The molecule has 0 saturated carbocycles. The van der Waals surface area contributed by atoms with Crippen molar-refractivity contribution >= 4 is 34.6 Å². The smallest absolute Gasteiger partial charge is 0.129 e. The normalized spacial score (nSPS) is 10.9. The molecule has 1 aromatic heterocycles. The molecule has 0 N–H and O–H groups in total. The van der Waals surface area contributed by atoms with Gasteiger partial charge in [-0.05, 0) is 47.5 Å². The van der Waals surface area contributed by atoms with Gasteiger partial charge in [0.25, 0.3) is 0 Å². The minimum Gasteiger partial charge on any atom is -0.497 e. The Labute approximate surface area is 185 Å². The van der Waals surface area contributed by atoms with E-state index in [0.29, 0.717) is 0 Å². The van der Waals surface area contributed by atoms with Gasteiger partial charge in [0.05, 0.1) is 25.3 Å². The SMILES string of the molecule is COc1ccc(CSc2nc3ccccc3nc2SCc2ccc(OC)cc2)cc1. The highest BCUT2D eigenvalue weighted by Gasteiger charge is 2.11. The number of nitrogens with zero attached hydrogens (tertiary/aromatic N) is 2. The van der Waals surface area contributed by atoms with Gasteiger partial charge in [0, 0.05) is 11.5 Å². The molecule has 3 aromatic carbocycles. The first kappa shape index (κ1) is 20.6. The summed E-state index contributed by atoms with van der Waals surface area (Å²) in [4.78, 5) is 9.80. The highest BCUT2D eigenvalue weighted by molar-refractivity contribution is 8.01. The van der Waals surface area contributed by atoms with Crippen molar-refractivity contribution in [1.29, 1.82) is 0 Å². The lowest BCUT2D eigenvalue weighted by atomic mass is 10.2. The van der Waals surface area contributed by atoms with E-state index in [1.165, 1.54) is 11.1 Å². The molecule has 0 bridgehead atoms. The summed E-state index contributed by atoms with van der Waals surface area (Å²) < 4.78 is 10.5. The Morgan fingerprint density at radius 3 is 1.37 bits per heavy atom. The predicted octanol–water partition coefficient (Wildman–Crippen LogP) is 6.23. The van der Waals surface area contributed by atoms with Crippen molar-refractivity contribution in [2.75, 3.05) is 14.2 Å². The van der Waals surface area contributed by atoms with Gasteiger partial charge in [-0.3, -0.25) is 0 Å². The summed E-state index contributed by atoms with van der Waals surface area (Å²) in [7, 11) is 3.36. The van der Waals surface area contributed by atoms with Crippen LogP contribution in [-0.4, -0.2) is 24.2 Å². The molecule has 0 atom stereocenters. The molecule has 152 valence electrons. The maximum Gasteiger partial charge on any atom is 0.129 e. The summed E-state index contributed by atoms with van der Waals surface area (Å²) in [5.74, 6) is 3.38. The van der Waals surface area contributed by atoms with Gasteiger partial charge in [-0.1, -0.05) is 59.9 Å². The van der Waals surface area contributed by atoms with Crippen LogP contribution in [-0.2, 0) is 11.5 Å². The molecule has 4 rings (SSSR count). The van der Waals surface area contributed by atoms with Gasteiger partial charge >= 0.3 is 0 Å². The molecule has 30 heavy (non-hydrogen) atoms. The van der Waals surface area contributed by atoms with Crippen LogP contribution in [0.2, 0.25) is 0 Å². The zero-order valence-corrected chi connectivity index (χ0v) is 18.5. The minimum atomic E-state index is 0.826. The Hall–Kier alpha value is -2.70. The number of para-hydroxylation sites is 2. The predicted molar refractivity (Wildman–Crippen MR) is 125 cm³/mol. The highest BCUT2D eigenvalue weighted by atomic mass is 32.2. The van der Waals surface area contributed by atoms with Gasteiger partial charge in [-0.2, -0.15) is 0 Å². The zero-order chi connectivity index (χ0) is 20.8. The van der Waals surface area contributed by atoms with Crippen molar-refractivity contribution < 1.29 is 9.47 Å². The van der Waals surface area contributed by atoms with Gasteiger partial charge in [-0.25, -0.2) is 9.97 Å². The molecule has 4 aromatic rings. The first-order valence-electron chi connectivity index (χ1n) is 9.53. The molecule has 4 nitrogen and oxygen atoms in total. The molecule has 0 amide bonds. The second-order valence-electron chi connectivity index (χ2n) is 6.60. The monoisotopic (exact) mass is 434 g/mol. The number of rotatable bonds is 8. The molecule has 0 radical (unpaired) electrons. The van der Waals surface area contributed by atoms with Crippen LogP contribution in [0.4, 0.5) is 0 Å². The molecular weight excluding hydrogens is 412 g/mol. The van der Waals surface area contributed by atoms with Crippen molar-refractivity contribution in [2.24, 2.45) is 0 Å². The first-order valence-corrected chi connectivity index (χ1v) is 11.5. The van der Waals surface area contributed by atoms with E-state index in [2.05, 4.69) is 24.3 Å². The number of methoxy groups -OCH3 is 2. The van der Waals surface area contributed by atoms with Gasteiger partial charge in [0.1, 0.15) is 21.6 Å². The Morgan fingerprint density at radius 1 is 0.600 bits per heavy atom. The maximum absolute atomic E-state index is 5.25. The van der Waals surface area contributed by atoms with Crippen molar-refractivity contribution in [3.63, 3.8) is 0 Å². The summed E-state index contributed by atoms with van der Waals surface area (Å²) in [6.45, 7) is 0. The molecule has 0 aliphatic carbocycles. The maximum atomic E-state index is 5.25. The van der Waals surface area contributed by atoms with Crippen LogP contribution < -0.4 is 9.47 Å². The minimum absolute atomic E-state index is 0.826. The summed E-state index contributed by atoms with van der Waals surface area (Å²) in [6.07, 6.45) is 0. The fourth-order valence-electron chi connectivity index (χ4n) is 2.90. The summed E-state index contributed by atoms with van der Waals surface area (Å²) in [5.41, 5.74) is 4.29. The Balaban J connectivity index is 1.54. The number of benzene rings is 3. The molecule has 0 aliphatic heterocycles. The molecule has 0 spiro atoms. The number of hydrogen-bond donors (Lipinski definition) is 0. The van der Waals surface area contributed by atoms with E-state index in [1.807, 2.05) is 48.5 Å². The van der Waals surface area contributed by atoms with E-state index in [-0.39, 0.29) is 0 Å². The first-order chi connectivity index (χ1) is 14.7. The number of fused-ring (bicyclic) bond motifs is 1. The van der Waals surface area contributed by atoms with E-state index in [9.17, 15) is 0 Å². The average molecular weight is 435 g/mol. The zero-order valence-electron chi connectivity index (χ0n) is 16.9. The van der Waals surface area contributed by atoms with Gasteiger partial charge in [-0.15, -0.1) is 0 Å². The lowest BCUT2D eigenvalue weighted by Crippen LogP contribution is -1.94. The lowest BCUT2D eigenvalue weighted by molar-refractivity contribution is 0.414. The second-order valence-corrected chi connectivity index (χ2v) is 8.52. The standard InChI is InChI=1S/C24H22N2O2S2/c1-27-19-11-7-17(8-12-19)15-29-23-24(26-22-6-4-3-5-21(22)25-23)30-16-18-9-13-20(28-2)14-10-18/h3-14H,15-16H2,1-2H3. The molecule has 1 heterocycles.